The molecular formula is C17H26ClNO. The van der Waals surface area contributed by atoms with E-state index in [-0.39, 0.29) is 16.9 Å². The number of aliphatic hydroxyl groups excluding tert-OH is 1. The van der Waals surface area contributed by atoms with Gasteiger partial charge in [-0.15, -0.1) is 0 Å². The fourth-order valence-corrected chi connectivity index (χ4v) is 4.16. The highest BCUT2D eigenvalue weighted by Gasteiger charge is 2.40. The Hall–Kier alpha value is -0.730. The quantitative estimate of drug-likeness (QED) is 0.851. The predicted octanol–water partition coefficient (Wildman–Crippen LogP) is 4.64. The summed E-state index contributed by atoms with van der Waals surface area (Å²) in [4.78, 5) is 0. The zero-order chi connectivity index (χ0) is 15.0. The summed E-state index contributed by atoms with van der Waals surface area (Å²) < 4.78 is 0. The fourth-order valence-electron chi connectivity index (χ4n) is 3.87. The lowest BCUT2D eigenvalue weighted by Gasteiger charge is -2.45. The maximum Gasteiger partial charge on any atom is 0.0551 e. The number of halogens is 1. The summed E-state index contributed by atoms with van der Waals surface area (Å²) in [5, 5.41) is 14.4. The molecule has 2 atom stereocenters. The SMILES string of the molecule is Cc1cc(Cl)cc(NCC2(C)CC(O)CC(C)(C)C2)c1. The molecule has 0 aliphatic heterocycles. The molecule has 0 saturated heterocycles. The van der Waals surface area contributed by atoms with Crippen molar-refractivity contribution in [1.82, 2.24) is 0 Å². The summed E-state index contributed by atoms with van der Waals surface area (Å²) in [6.07, 6.45) is 2.71. The molecule has 1 aliphatic carbocycles. The zero-order valence-corrected chi connectivity index (χ0v) is 13.7. The Kier molecular flexibility index (Phi) is 4.36. The van der Waals surface area contributed by atoms with Gasteiger partial charge in [-0.1, -0.05) is 32.4 Å². The molecule has 3 heteroatoms. The highest BCUT2D eigenvalue weighted by atomic mass is 35.5. The molecule has 0 spiro atoms. The number of aryl methyl sites for hydroxylation is 1. The van der Waals surface area contributed by atoms with Crippen LogP contribution in [0, 0.1) is 17.8 Å². The van der Waals surface area contributed by atoms with Crippen molar-refractivity contribution in [2.45, 2.75) is 53.1 Å². The van der Waals surface area contributed by atoms with E-state index in [1.54, 1.807) is 0 Å². The number of hydrogen-bond donors (Lipinski definition) is 2. The topological polar surface area (TPSA) is 32.3 Å². The van der Waals surface area contributed by atoms with E-state index in [1.165, 1.54) is 0 Å². The second-order valence-corrected chi connectivity index (χ2v) is 8.02. The molecule has 1 aromatic carbocycles. The molecule has 20 heavy (non-hydrogen) atoms. The second kappa shape index (κ2) is 5.57. The maximum atomic E-state index is 10.1. The van der Waals surface area contributed by atoms with E-state index in [1.807, 2.05) is 19.1 Å². The van der Waals surface area contributed by atoms with Gasteiger partial charge in [0, 0.05) is 17.3 Å². The van der Waals surface area contributed by atoms with Crippen molar-refractivity contribution >= 4 is 17.3 Å². The standard InChI is InChI=1S/C17H26ClNO/c1-12-5-13(18)7-14(6-12)19-11-17(4)9-15(20)8-16(2,3)10-17/h5-7,15,19-20H,8-11H2,1-4H3. The van der Waals surface area contributed by atoms with E-state index in [4.69, 9.17) is 11.6 Å². The second-order valence-electron chi connectivity index (χ2n) is 7.58. The Morgan fingerprint density at radius 2 is 1.95 bits per heavy atom. The third kappa shape index (κ3) is 4.13. The average molecular weight is 296 g/mol. The molecule has 2 unspecified atom stereocenters. The Morgan fingerprint density at radius 1 is 1.25 bits per heavy atom. The number of rotatable bonds is 3. The minimum absolute atomic E-state index is 0.122. The number of anilines is 1. The lowest BCUT2D eigenvalue weighted by molar-refractivity contribution is -0.00317. The lowest BCUT2D eigenvalue weighted by Crippen LogP contribution is -2.42. The molecule has 1 aliphatic rings. The molecule has 1 fully saturated rings. The molecule has 1 aromatic rings. The summed E-state index contributed by atoms with van der Waals surface area (Å²) in [7, 11) is 0. The van der Waals surface area contributed by atoms with E-state index in [2.05, 4.69) is 32.2 Å². The number of hydrogen-bond acceptors (Lipinski definition) is 2. The molecule has 2 rings (SSSR count). The van der Waals surface area contributed by atoms with Crippen LogP contribution in [-0.4, -0.2) is 17.8 Å². The van der Waals surface area contributed by atoms with Crippen molar-refractivity contribution in [3.63, 3.8) is 0 Å². The summed E-state index contributed by atoms with van der Waals surface area (Å²) in [5.74, 6) is 0. The van der Waals surface area contributed by atoms with Gasteiger partial charge in [0.1, 0.15) is 0 Å². The number of benzene rings is 1. The molecule has 0 amide bonds. The van der Waals surface area contributed by atoms with E-state index in [0.717, 1.165) is 42.1 Å². The number of nitrogens with one attached hydrogen (secondary N) is 1. The van der Waals surface area contributed by atoms with Crippen LogP contribution in [0.2, 0.25) is 5.02 Å². The molecule has 2 nitrogen and oxygen atoms in total. The van der Waals surface area contributed by atoms with Crippen LogP contribution in [0.3, 0.4) is 0 Å². The van der Waals surface area contributed by atoms with E-state index >= 15 is 0 Å². The Balaban J connectivity index is 2.05. The molecule has 1 saturated carbocycles. The molecule has 2 N–H and O–H groups in total. The van der Waals surface area contributed by atoms with Gasteiger partial charge < -0.3 is 10.4 Å². The van der Waals surface area contributed by atoms with Gasteiger partial charge in [-0.05, 0) is 60.8 Å². The molecule has 0 aromatic heterocycles. The van der Waals surface area contributed by atoms with Crippen molar-refractivity contribution in [2.75, 3.05) is 11.9 Å². The van der Waals surface area contributed by atoms with Gasteiger partial charge in [-0.25, -0.2) is 0 Å². The van der Waals surface area contributed by atoms with Crippen LogP contribution in [0.25, 0.3) is 0 Å². The van der Waals surface area contributed by atoms with Crippen molar-refractivity contribution < 1.29 is 5.11 Å². The minimum Gasteiger partial charge on any atom is -0.393 e. The molecule has 0 radical (unpaired) electrons. The van der Waals surface area contributed by atoms with Crippen molar-refractivity contribution in [2.24, 2.45) is 10.8 Å². The zero-order valence-electron chi connectivity index (χ0n) is 13.0. The van der Waals surface area contributed by atoms with Crippen LogP contribution in [0.4, 0.5) is 5.69 Å². The van der Waals surface area contributed by atoms with Crippen molar-refractivity contribution in [3.05, 3.63) is 28.8 Å². The van der Waals surface area contributed by atoms with Gasteiger partial charge in [-0.2, -0.15) is 0 Å². The summed E-state index contributed by atoms with van der Waals surface area (Å²) in [5.41, 5.74) is 2.55. The Bertz CT molecular complexity index is 466. The van der Waals surface area contributed by atoms with Gasteiger partial charge in [0.05, 0.1) is 6.10 Å². The monoisotopic (exact) mass is 295 g/mol. The first-order chi connectivity index (χ1) is 9.17. The average Bonchev–Trinajstić information content (AvgIpc) is 2.21. The van der Waals surface area contributed by atoms with Crippen LogP contribution >= 0.6 is 11.6 Å². The smallest absolute Gasteiger partial charge is 0.0551 e. The fraction of sp³-hybridized carbons (Fsp3) is 0.647. The van der Waals surface area contributed by atoms with E-state index < -0.39 is 0 Å². The van der Waals surface area contributed by atoms with Crippen molar-refractivity contribution in [3.8, 4) is 0 Å². The van der Waals surface area contributed by atoms with Crippen LogP contribution in [0.5, 0.6) is 0 Å². The third-order valence-electron chi connectivity index (χ3n) is 4.18. The lowest BCUT2D eigenvalue weighted by atomic mass is 9.63. The molecule has 112 valence electrons. The first-order valence-electron chi connectivity index (χ1n) is 7.37. The van der Waals surface area contributed by atoms with Crippen LogP contribution < -0.4 is 5.32 Å². The largest absolute Gasteiger partial charge is 0.393 e. The van der Waals surface area contributed by atoms with E-state index in [9.17, 15) is 5.11 Å². The molecular weight excluding hydrogens is 270 g/mol. The Morgan fingerprint density at radius 3 is 2.55 bits per heavy atom. The molecule has 0 heterocycles. The first-order valence-corrected chi connectivity index (χ1v) is 7.75. The van der Waals surface area contributed by atoms with Gasteiger partial charge >= 0.3 is 0 Å². The summed E-state index contributed by atoms with van der Waals surface area (Å²) in [6, 6.07) is 6.03. The van der Waals surface area contributed by atoms with Crippen molar-refractivity contribution in [1.29, 1.82) is 0 Å². The first kappa shape index (κ1) is 15.7. The molecule has 0 bridgehead atoms. The van der Waals surface area contributed by atoms with Gasteiger partial charge in [0.25, 0.3) is 0 Å². The highest BCUT2D eigenvalue weighted by molar-refractivity contribution is 6.30. The van der Waals surface area contributed by atoms with E-state index in [0.29, 0.717) is 0 Å². The third-order valence-corrected chi connectivity index (χ3v) is 4.40. The normalized spacial score (nSPS) is 29.2. The van der Waals surface area contributed by atoms with Crippen LogP contribution in [0.15, 0.2) is 18.2 Å². The Labute approximate surface area is 127 Å². The van der Waals surface area contributed by atoms with Crippen LogP contribution in [0.1, 0.15) is 45.6 Å². The van der Waals surface area contributed by atoms with Gasteiger partial charge in [-0.3, -0.25) is 0 Å². The highest BCUT2D eigenvalue weighted by Crippen LogP contribution is 2.46. The summed E-state index contributed by atoms with van der Waals surface area (Å²) in [6.45, 7) is 9.68. The van der Waals surface area contributed by atoms with Crippen LogP contribution in [-0.2, 0) is 0 Å². The van der Waals surface area contributed by atoms with Gasteiger partial charge in [0.15, 0.2) is 0 Å². The maximum absolute atomic E-state index is 10.1. The number of aliphatic hydroxyl groups is 1. The predicted molar refractivity (Wildman–Crippen MR) is 86.4 cm³/mol. The summed E-state index contributed by atoms with van der Waals surface area (Å²) >= 11 is 6.09. The minimum atomic E-state index is -0.188. The van der Waals surface area contributed by atoms with Gasteiger partial charge in [0.2, 0.25) is 0 Å².